The van der Waals surface area contributed by atoms with Crippen molar-refractivity contribution in [3.63, 3.8) is 0 Å². The van der Waals surface area contributed by atoms with Gasteiger partial charge in [0, 0.05) is 10.9 Å². The molecule has 110 valence electrons. The second-order valence-electron chi connectivity index (χ2n) is 4.76. The summed E-state index contributed by atoms with van der Waals surface area (Å²) in [6, 6.07) is 11.5. The number of nitrogens with two attached hydrogens (primary N) is 1. The number of anilines is 1. The summed E-state index contributed by atoms with van der Waals surface area (Å²) in [5.41, 5.74) is 8.85. The number of para-hydroxylation sites is 1. The normalized spacial score (nSPS) is 11.1. The number of imidazole rings is 1. The summed E-state index contributed by atoms with van der Waals surface area (Å²) in [4.78, 5) is 5.48. The van der Waals surface area contributed by atoms with E-state index in [2.05, 4.69) is 4.98 Å². The number of ether oxygens (including phenoxy) is 1. The molecule has 22 heavy (non-hydrogen) atoms. The van der Waals surface area contributed by atoms with Crippen molar-refractivity contribution in [1.82, 2.24) is 9.38 Å². The van der Waals surface area contributed by atoms with Crippen molar-refractivity contribution in [3.8, 4) is 28.5 Å². The zero-order valence-corrected chi connectivity index (χ0v) is 12.6. The molecule has 0 bridgehead atoms. The number of nitrogens with zero attached hydrogens (tertiary/aromatic N) is 2. The summed E-state index contributed by atoms with van der Waals surface area (Å²) in [6.45, 7) is 0. The van der Waals surface area contributed by atoms with Gasteiger partial charge in [0.2, 0.25) is 0 Å². The van der Waals surface area contributed by atoms with Gasteiger partial charge in [-0.15, -0.1) is 11.3 Å². The Bertz CT molecular complexity index is 938. The lowest BCUT2D eigenvalue weighted by Crippen LogP contribution is -1.96. The van der Waals surface area contributed by atoms with Crippen LogP contribution >= 0.6 is 11.3 Å². The largest absolute Gasteiger partial charge is 0.496 e. The minimum atomic E-state index is 0.576. The third kappa shape index (κ3) is 1.81. The third-order valence-electron chi connectivity index (χ3n) is 3.53. The van der Waals surface area contributed by atoms with E-state index in [9.17, 15) is 0 Å². The van der Waals surface area contributed by atoms with Crippen molar-refractivity contribution in [2.45, 2.75) is 0 Å². The third-order valence-corrected chi connectivity index (χ3v) is 4.36. The molecular weight excluding hydrogens is 298 g/mol. The van der Waals surface area contributed by atoms with Gasteiger partial charge < -0.3 is 14.9 Å². The van der Waals surface area contributed by atoms with Gasteiger partial charge >= 0.3 is 0 Å². The monoisotopic (exact) mass is 311 g/mol. The van der Waals surface area contributed by atoms with E-state index in [4.69, 9.17) is 14.9 Å². The molecule has 0 atom stereocenters. The number of fused-ring (bicyclic) bond motifs is 1. The molecule has 0 saturated heterocycles. The maximum atomic E-state index is 6.36. The second kappa shape index (κ2) is 4.92. The molecule has 0 fully saturated rings. The number of furan rings is 1. The van der Waals surface area contributed by atoms with Crippen LogP contribution in [0, 0.1) is 0 Å². The van der Waals surface area contributed by atoms with Crippen LogP contribution in [0.3, 0.4) is 0 Å². The van der Waals surface area contributed by atoms with Gasteiger partial charge in [-0.1, -0.05) is 12.1 Å². The van der Waals surface area contributed by atoms with E-state index >= 15 is 0 Å². The molecule has 0 radical (unpaired) electrons. The zero-order valence-electron chi connectivity index (χ0n) is 11.8. The van der Waals surface area contributed by atoms with Crippen molar-refractivity contribution in [2.24, 2.45) is 0 Å². The molecule has 0 aliphatic rings. The van der Waals surface area contributed by atoms with Crippen LogP contribution in [0.5, 0.6) is 5.75 Å². The Kier molecular flexibility index (Phi) is 2.90. The quantitative estimate of drug-likeness (QED) is 0.623. The molecule has 4 aromatic rings. The fourth-order valence-electron chi connectivity index (χ4n) is 2.52. The van der Waals surface area contributed by atoms with Crippen LogP contribution in [0.1, 0.15) is 0 Å². The lowest BCUT2D eigenvalue weighted by atomic mass is 10.1. The Hall–Kier alpha value is -2.73. The number of benzene rings is 1. The number of hydrogen-bond donors (Lipinski definition) is 1. The minimum Gasteiger partial charge on any atom is -0.496 e. The smallest absolute Gasteiger partial charge is 0.196 e. The van der Waals surface area contributed by atoms with Crippen LogP contribution in [0.2, 0.25) is 0 Å². The van der Waals surface area contributed by atoms with Crippen molar-refractivity contribution >= 4 is 22.1 Å². The predicted octanol–water partition coefficient (Wildman–Crippen LogP) is 3.91. The van der Waals surface area contributed by atoms with E-state index in [1.807, 2.05) is 46.2 Å². The van der Waals surface area contributed by atoms with Crippen molar-refractivity contribution in [2.75, 3.05) is 12.8 Å². The van der Waals surface area contributed by atoms with Crippen LogP contribution in [-0.4, -0.2) is 16.5 Å². The highest BCUT2D eigenvalue weighted by atomic mass is 32.1. The van der Waals surface area contributed by atoms with Gasteiger partial charge in [-0.05, 0) is 24.3 Å². The van der Waals surface area contributed by atoms with Crippen LogP contribution < -0.4 is 10.5 Å². The van der Waals surface area contributed by atoms with Gasteiger partial charge in [-0.3, -0.25) is 4.40 Å². The number of thiazole rings is 1. The van der Waals surface area contributed by atoms with Crippen LogP contribution in [0.15, 0.2) is 52.5 Å². The highest BCUT2D eigenvalue weighted by Crippen LogP contribution is 2.37. The van der Waals surface area contributed by atoms with E-state index in [-0.39, 0.29) is 0 Å². The molecular formula is C16H13N3O2S. The van der Waals surface area contributed by atoms with Gasteiger partial charge in [0.15, 0.2) is 10.7 Å². The highest BCUT2D eigenvalue weighted by molar-refractivity contribution is 7.15. The molecule has 5 nitrogen and oxygen atoms in total. The van der Waals surface area contributed by atoms with Gasteiger partial charge in [-0.2, -0.15) is 0 Å². The summed E-state index contributed by atoms with van der Waals surface area (Å²) >= 11 is 1.53. The van der Waals surface area contributed by atoms with E-state index in [1.54, 1.807) is 13.4 Å². The topological polar surface area (TPSA) is 65.7 Å². The minimum absolute atomic E-state index is 0.576. The number of aromatic nitrogens is 2. The van der Waals surface area contributed by atoms with E-state index in [1.165, 1.54) is 11.3 Å². The van der Waals surface area contributed by atoms with Crippen molar-refractivity contribution in [3.05, 3.63) is 48.0 Å². The van der Waals surface area contributed by atoms with Gasteiger partial charge in [0.05, 0.1) is 13.4 Å². The van der Waals surface area contributed by atoms with Gasteiger partial charge in [-0.25, -0.2) is 4.98 Å². The molecule has 4 rings (SSSR count). The zero-order chi connectivity index (χ0) is 15.1. The lowest BCUT2D eigenvalue weighted by molar-refractivity contribution is 0.416. The van der Waals surface area contributed by atoms with Crippen LogP contribution in [-0.2, 0) is 0 Å². The Labute approximate surface area is 130 Å². The Morgan fingerprint density at radius 3 is 2.86 bits per heavy atom. The van der Waals surface area contributed by atoms with Crippen LogP contribution in [0.4, 0.5) is 5.82 Å². The number of nitrogen functional groups attached to an aromatic ring is 1. The van der Waals surface area contributed by atoms with E-state index in [0.717, 1.165) is 33.4 Å². The average molecular weight is 311 g/mol. The molecule has 0 unspecified atom stereocenters. The van der Waals surface area contributed by atoms with Crippen molar-refractivity contribution in [1.29, 1.82) is 0 Å². The molecule has 2 N–H and O–H groups in total. The van der Waals surface area contributed by atoms with Gasteiger partial charge in [0.1, 0.15) is 23.0 Å². The molecule has 6 heteroatoms. The fraction of sp³-hybridized carbons (Fsp3) is 0.0625. The molecule has 1 aromatic carbocycles. The first-order chi connectivity index (χ1) is 10.8. The summed E-state index contributed by atoms with van der Waals surface area (Å²) in [5, 5.41) is 1.99. The summed E-state index contributed by atoms with van der Waals surface area (Å²) < 4.78 is 12.8. The maximum absolute atomic E-state index is 6.36. The molecule has 0 saturated carbocycles. The summed E-state index contributed by atoms with van der Waals surface area (Å²) in [6.07, 6.45) is 1.65. The first kappa shape index (κ1) is 13.0. The Balaban J connectivity index is 1.96. The van der Waals surface area contributed by atoms with Gasteiger partial charge in [0.25, 0.3) is 0 Å². The predicted molar refractivity (Wildman–Crippen MR) is 87.2 cm³/mol. The molecule has 0 spiro atoms. The second-order valence-corrected chi connectivity index (χ2v) is 5.60. The molecule has 0 aliphatic carbocycles. The van der Waals surface area contributed by atoms with Crippen molar-refractivity contribution < 1.29 is 9.15 Å². The number of hydrogen-bond acceptors (Lipinski definition) is 5. The maximum Gasteiger partial charge on any atom is 0.196 e. The SMILES string of the molecule is COc1ccccc1-c1nc2scc(-c3ccco3)n2c1N. The number of rotatable bonds is 3. The summed E-state index contributed by atoms with van der Waals surface area (Å²) in [7, 11) is 1.64. The lowest BCUT2D eigenvalue weighted by Gasteiger charge is -2.06. The van der Waals surface area contributed by atoms with Crippen LogP contribution in [0.25, 0.3) is 27.7 Å². The Morgan fingerprint density at radius 1 is 1.23 bits per heavy atom. The standard InChI is InChI=1S/C16H13N3O2S/c1-20-12-6-3-2-5-10(12)14-15(17)19-11(9-22-16(19)18-14)13-7-4-8-21-13/h2-9H,17H2,1H3. The molecule has 0 amide bonds. The van der Waals surface area contributed by atoms with E-state index in [0.29, 0.717) is 5.82 Å². The fourth-order valence-corrected chi connectivity index (χ4v) is 3.40. The highest BCUT2D eigenvalue weighted by Gasteiger charge is 2.19. The van der Waals surface area contributed by atoms with E-state index < -0.39 is 0 Å². The molecule has 3 aromatic heterocycles. The first-order valence-electron chi connectivity index (χ1n) is 6.72. The molecule has 0 aliphatic heterocycles. The molecule has 3 heterocycles. The average Bonchev–Trinajstić information content (AvgIpc) is 3.25. The first-order valence-corrected chi connectivity index (χ1v) is 7.60. The number of methoxy groups -OCH3 is 1. The Morgan fingerprint density at radius 2 is 2.09 bits per heavy atom. The summed E-state index contributed by atoms with van der Waals surface area (Å²) in [5.74, 6) is 2.09.